The molecule has 23 heavy (non-hydrogen) atoms. The molecule has 0 atom stereocenters. The van der Waals surface area contributed by atoms with Crippen LogP contribution >= 0.6 is 0 Å². The number of hydrogen-bond acceptors (Lipinski definition) is 5. The molecule has 4 aromatic rings. The molecular formula is C17H10N2O4. The van der Waals surface area contributed by atoms with Crippen molar-refractivity contribution in [1.29, 1.82) is 0 Å². The monoisotopic (exact) mass is 306 g/mol. The maximum atomic E-state index is 10.8. The minimum absolute atomic E-state index is 0.0332. The average molecular weight is 306 g/mol. The lowest BCUT2D eigenvalue weighted by molar-refractivity contribution is -0.384. The van der Waals surface area contributed by atoms with E-state index in [2.05, 4.69) is 4.98 Å². The fourth-order valence-corrected chi connectivity index (χ4v) is 2.52. The fourth-order valence-electron chi connectivity index (χ4n) is 2.52. The van der Waals surface area contributed by atoms with Crippen molar-refractivity contribution in [3.8, 4) is 17.2 Å². The van der Waals surface area contributed by atoms with E-state index in [0.29, 0.717) is 17.0 Å². The van der Waals surface area contributed by atoms with Gasteiger partial charge in [0.15, 0.2) is 5.58 Å². The summed E-state index contributed by atoms with van der Waals surface area (Å²) in [6, 6.07) is 15.0. The molecule has 6 nitrogen and oxygen atoms in total. The van der Waals surface area contributed by atoms with Crippen molar-refractivity contribution in [1.82, 2.24) is 4.98 Å². The Hall–Kier alpha value is -3.41. The van der Waals surface area contributed by atoms with Gasteiger partial charge in [-0.2, -0.15) is 0 Å². The Bertz CT molecular complexity index is 1070. The summed E-state index contributed by atoms with van der Waals surface area (Å²) in [5.41, 5.74) is 1.67. The smallest absolute Gasteiger partial charge is 0.273 e. The first-order valence-corrected chi connectivity index (χ1v) is 6.88. The molecule has 0 unspecified atom stereocenters. The second-order valence-electron chi connectivity index (χ2n) is 5.17. The average Bonchev–Trinajstić information content (AvgIpc) is 2.97. The van der Waals surface area contributed by atoms with E-state index in [9.17, 15) is 15.2 Å². The van der Waals surface area contributed by atoms with E-state index in [1.54, 1.807) is 18.2 Å². The number of aromatic nitrogens is 1. The first-order chi connectivity index (χ1) is 11.1. The van der Waals surface area contributed by atoms with Gasteiger partial charge in [0.25, 0.3) is 5.69 Å². The van der Waals surface area contributed by atoms with E-state index in [4.69, 9.17) is 4.42 Å². The molecule has 0 aliphatic heterocycles. The maximum absolute atomic E-state index is 10.8. The number of rotatable bonds is 2. The van der Waals surface area contributed by atoms with Crippen LogP contribution in [0, 0.1) is 10.1 Å². The normalized spacial score (nSPS) is 11.1. The van der Waals surface area contributed by atoms with Gasteiger partial charge in [0.05, 0.1) is 11.0 Å². The molecule has 4 rings (SSSR count). The number of nitrogens with zero attached hydrogens (tertiary/aromatic N) is 2. The molecule has 0 spiro atoms. The topological polar surface area (TPSA) is 89.4 Å². The lowest BCUT2D eigenvalue weighted by Gasteiger charge is -2.01. The van der Waals surface area contributed by atoms with Crippen molar-refractivity contribution in [2.24, 2.45) is 0 Å². The number of aromatic hydroxyl groups is 1. The van der Waals surface area contributed by atoms with Crippen LogP contribution in [0.3, 0.4) is 0 Å². The van der Waals surface area contributed by atoms with Gasteiger partial charge in [0.1, 0.15) is 11.3 Å². The standard InChI is InChI=1S/C17H10N2O4/c20-14-5-3-10-7-12(2-1-11(10)8-14)17-18-15-6-4-13(19(21)22)9-16(15)23-17/h1-9,20H. The van der Waals surface area contributed by atoms with E-state index in [1.165, 1.54) is 12.1 Å². The van der Waals surface area contributed by atoms with Gasteiger partial charge in [-0.25, -0.2) is 4.98 Å². The first kappa shape index (κ1) is 13.3. The summed E-state index contributed by atoms with van der Waals surface area (Å²) in [4.78, 5) is 14.7. The van der Waals surface area contributed by atoms with Gasteiger partial charge in [-0.05, 0) is 41.1 Å². The van der Waals surface area contributed by atoms with Crippen LogP contribution in [-0.2, 0) is 0 Å². The fraction of sp³-hybridized carbons (Fsp3) is 0. The quantitative estimate of drug-likeness (QED) is 0.441. The zero-order valence-electron chi connectivity index (χ0n) is 11.8. The largest absolute Gasteiger partial charge is 0.508 e. The van der Waals surface area contributed by atoms with E-state index in [-0.39, 0.29) is 11.4 Å². The van der Waals surface area contributed by atoms with Gasteiger partial charge >= 0.3 is 0 Å². The van der Waals surface area contributed by atoms with Gasteiger partial charge < -0.3 is 9.52 Å². The van der Waals surface area contributed by atoms with Crippen molar-refractivity contribution < 1.29 is 14.4 Å². The van der Waals surface area contributed by atoms with Crippen LogP contribution in [0.25, 0.3) is 33.3 Å². The Morgan fingerprint density at radius 3 is 2.61 bits per heavy atom. The molecular weight excluding hydrogens is 296 g/mol. The number of phenolic OH excluding ortho intramolecular Hbond substituents is 1. The van der Waals surface area contributed by atoms with Crippen molar-refractivity contribution >= 4 is 27.6 Å². The summed E-state index contributed by atoms with van der Waals surface area (Å²) < 4.78 is 5.65. The predicted octanol–water partition coefficient (Wildman–Crippen LogP) is 4.26. The maximum Gasteiger partial charge on any atom is 0.273 e. The third-order valence-corrected chi connectivity index (χ3v) is 3.65. The molecule has 0 radical (unpaired) electrons. The molecule has 6 heteroatoms. The zero-order valence-corrected chi connectivity index (χ0v) is 11.8. The molecule has 0 aliphatic carbocycles. The Morgan fingerprint density at radius 2 is 1.78 bits per heavy atom. The van der Waals surface area contributed by atoms with Crippen LogP contribution < -0.4 is 0 Å². The number of fused-ring (bicyclic) bond motifs is 2. The van der Waals surface area contributed by atoms with Crippen LogP contribution in [0.1, 0.15) is 0 Å². The molecule has 0 bridgehead atoms. The lowest BCUT2D eigenvalue weighted by Crippen LogP contribution is -1.86. The van der Waals surface area contributed by atoms with Crippen molar-refractivity contribution in [3.05, 3.63) is 64.7 Å². The molecule has 1 N–H and O–H groups in total. The van der Waals surface area contributed by atoms with Crippen molar-refractivity contribution in [2.45, 2.75) is 0 Å². The SMILES string of the molecule is O=[N+]([O-])c1ccc2nc(-c3ccc4cc(O)ccc4c3)oc2c1. The Balaban J connectivity index is 1.84. The van der Waals surface area contributed by atoms with Crippen molar-refractivity contribution in [2.75, 3.05) is 0 Å². The second-order valence-corrected chi connectivity index (χ2v) is 5.17. The molecule has 0 amide bonds. The summed E-state index contributed by atoms with van der Waals surface area (Å²) in [7, 11) is 0. The third-order valence-electron chi connectivity index (χ3n) is 3.65. The summed E-state index contributed by atoms with van der Waals surface area (Å²) >= 11 is 0. The number of hydrogen-bond donors (Lipinski definition) is 1. The van der Waals surface area contributed by atoms with E-state index in [0.717, 1.165) is 16.3 Å². The molecule has 0 saturated carbocycles. The van der Waals surface area contributed by atoms with Gasteiger partial charge in [-0.3, -0.25) is 10.1 Å². The minimum Gasteiger partial charge on any atom is -0.508 e. The molecule has 0 saturated heterocycles. The Kier molecular flexibility index (Phi) is 2.77. The molecule has 1 heterocycles. The van der Waals surface area contributed by atoms with Crippen LogP contribution in [0.4, 0.5) is 5.69 Å². The third kappa shape index (κ3) is 2.26. The van der Waals surface area contributed by atoms with Crippen LogP contribution in [-0.4, -0.2) is 15.0 Å². The predicted molar refractivity (Wildman–Crippen MR) is 85.3 cm³/mol. The Labute approximate surface area is 129 Å². The van der Waals surface area contributed by atoms with E-state index < -0.39 is 4.92 Å². The number of phenols is 1. The highest BCUT2D eigenvalue weighted by Gasteiger charge is 2.13. The van der Waals surface area contributed by atoms with Crippen LogP contribution in [0.2, 0.25) is 0 Å². The molecule has 0 aliphatic rings. The minimum atomic E-state index is -0.468. The number of benzene rings is 3. The molecule has 1 aromatic heterocycles. The highest BCUT2D eigenvalue weighted by molar-refractivity contribution is 5.88. The highest BCUT2D eigenvalue weighted by Crippen LogP contribution is 2.29. The van der Waals surface area contributed by atoms with Gasteiger partial charge in [0, 0.05) is 11.6 Å². The molecule has 112 valence electrons. The summed E-state index contributed by atoms with van der Waals surface area (Å²) in [6.45, 7) is 0. The summed E-state index contributed by atoms with van der Waals surface area (Å²) in [5.74, 6) is 0.606. The highest BCUT2D eigenvalue weighted by atomic mass is 16.6. The zero-order chi connectivity index (χ0) is 16.0. The number of nitro groups is 1. The van der Waals surface area contributed by atoms with E-state index >= 15 is 0 Å². The number of nitro benzene ring substituents is 1. The summed E-state index contributed by atoms with van der Waals surface area (Å²) in [6.07, 6.45) is 0. The van der Waals surface area contributed by atoms with Gasteiger partial charge in [-0.1, -0.05) is 12.1 Å². The summed E-state index contributed by atoms with van der Waals surface area (Å²) in [5, 5.41) is 22.2. The molecule has 3 aromatic carbocycles. The number of oxazole rings is 1. The van der Waals surface area contributed by atoms with Gasteiger partial charge in [-0.15, -0.1) is 0 Å². The molecule has 0 fully saturated rings. The van der Waals surface area contributed by atoms with Gasteiger partial charge in [0.2, 0.25) is 5.89 Å². The number of non-ortho nitro benzene ring substituents is 1. The Morgan fingerprint density at radius 1 is 1.00 bits per heavy atom. The van der Waals surface area contributed by atoms with E-state index in [1.807, 2.05) is 24.3 Å². The lowest BCUT2D eigenvalue weighted by atomic mass is 10.1. The van der Waals surface area contributed by atoms with Crippen LogP contribution in [0.15, 0.2) is 59.0 Å². The van der Waals surface area contributed by atoms with Crippen LogP contribution in [0.5, 0.6) is 5.75 Å². The van der Waals surface area contributed by atoms with Crippen molar-refractivity contribution in [3.63, 3.8) is 0 Å². The first-order valence-electron chi connectivity index (χ1n) is 6.88. The second kappa shape index (κ2) is 4.81.